The molecule has 216 valence electrons. The van der Waals surface area contributed by atoms with E-state index in [2.05, 4.69) is 20.0 Å². The van der Waals surface area contributed by atoms with E-state index in [-0.39, 0.29) is 11.5 Å². The Balaban J connectivity index is 1.19. The third-order valence-corrected chi connectivity index (χ3v) is 7.75. The first kappa shape index (κ1) is 27.1. The van der Waals surface area contributed by atoms with Gasteiger partial charge in [0, 0.05) is 63.8 Å². The Morgan fingerprint density at radius 2 is 1.90 bits per heavy atom. The third-order valence-electron chi connectivity index (χ3n) is 7.75. The van der Waals surface area contributed by atoms with Crippen LogP contribution in [0.1, 0.15) is 21.6 Å². The summed E-state index contributed by atoms with van der Waals surface area (Å²) < 4.78 is 23.2. The van der Waals surface area contributed by atoms with Crippen molar-refractivity contribution in [2.45, 2.75) is 6.54 Å². The molecule has 6 rings (SSSR count). The number of aromatic nitrogens is 2. The second-order valence-corrected chi connectivity index (χ2v) is 10.2. The van der Waals surface area contributed by atoms with Crippen LogP contribution in [0.15, 0.2) is 36.1 Å². The number of morpholine rings is 1. The molecule has 3 aromatic rings. The van der Waals surface area contributed by atoms with Gasteiger partial charge in [0.2, 0.25) is 5.78 Å². The Labute approximate surface area is 237 Å². The van der Waals surface area contributed by atoms with Gasteiger partial charge in [-0.2, -0.15) is 5.10 Å². The van der Waals surface area contributed by atoms with Gasteiger partial charge < -0.3 is 29.0 Å². The molecule has 2 fully saturated rings. The lowest BCUT2D eigenvalue weighted by Gasteiger charge is -2.33. The smallest absolute Gasteiger partial charge is 0.407 e. The number of methoxy groups -OCH3 is 1. The second kappa shape index (κ2) is 11.8. The van der Waals surface area contributed by atoms with Gasteiger partial charge in [-0.25, -0.2) is 4.79 Å². The van der Waals surface area contributed by atoms with Crippen LogP contribution in [0, 0.1) is 0 Å². The van der Waals surface area contributed by atoms with E-state index in [0.29, 0.717) is 62.1 Å². The highest BCUT2D eigenvalue weighted by Gasteiger charge is 2.33. The number of carboxylic acid groups (broad SMARTS) is 1. The number of nitrogens with zero attached hydrogens (tertiary/aromatic N) is 4. The number of nitrogens with one attached hydrogen (secondary N) is 1. The lowest BCUT2D eigenvalue weighted by atomic mass is 10.0. The molecule has 0 atom stereocenters. The zero-order valence-electron chi connectivity index (χ0n) is 22.9. The number of carbonyl (C=O) groups excluding carboxylic acids is 1. The van der Waals surface area contributed by atoms with Crippen LogP contribution in [0.2, 0.25) is 0 Å². The molecule has 2 N–H and O–H groups in total. The Morgan fingerprint density at radius 1 is 1.10 bits per heavy atom. The van der Waals surface area contributed by atoms with Gasteiger partial charge in [-0.05, 0) is 30.3 Å². The summed E-state index contributed by atoms with van der Waals surface area (Å²) in [5, 5.41) is 17.5. The number of benzene rings is 2. The summed E-state index contributed by atoms with van der Waals surface area (Å²) in [4.78, 5) is 30.5. The van der Waals surface area contributed by atoms with E-state index in [0.717, 1.165) is 55.1 Å². The molecule has 0 spiro atoms. The summed E-state index contributed by atoms with van der Waals surface area (Å²) in [6.45, 7) is 7.17. The fraction of sp³-hybridized carbons (Fsp3) is 0.414. The summed E-state index contributed by atoms with van der Waals surface area (Å²) in [6.07, 6.45) is 0.740. The van der Waals surface area contributed by atoms with Crippen LogP contribution in [0.5, 0.6) is 17.2 Å². The van der Waals surface area contributed by atoms with Crippen molar-refractivity contribution >= 4 is 28.9 Å². The number of hydrogen-bond donors (Lipinski definition) is 2. The number of piperazine rings is 1. The standard InChI is InChI=1S/C29H33N5O7/c1-38-25-5-3-20-27(35)26(41-28(20)22(25)18-33-6-8-34(9-7-33)29(36)37)17-24-21-16-19(2-4-23(21)30-31-24)40-15-12-32-10-13-39-14-11-32/h2-5,16-17H,6-15,18H2,1H3,(H,30,31)(H,36,37). The molecule has 1 amide bonds. The molecular formula is C29H33N5O7. The van der Waals surface area contributed by atoms with Crippen LogP contribution in [-0.4, -0.2) is 115 Å². The number of rotatable bonds is 8. The first-order valence-corrected chi connectivity index (χ1v) is 13.8. The third kappa shape index (κ3) is 5.71. The minimum absolute atomic E-state index is 0.178. The molecule has 4 heterocycles. The summed E-state index contributed by atoms with van der Waals surface area (Å²) in [7, 11) is 1.58. The number of hydrogen-bond acceptors (Lipinski definition) is 9. The second-order valence-electron chi connectivity index (χ2n) is 10.2. The van der Waals surface area contributed by atoms with Crippen molar-refractivity contribution in [1.29, 1.82) is 0 Å². The van der Waals surface area contributed by atoms with Crippen LogP contribution in [0.4, 0.5) is 4.79 Å². The maximum Gasteiger partial charge on any atom is 0.407 e. The maximum atomic E-state index is 13.4. The molecule has 41 heavy (non-hydrogen) atoms. The lowest BCUT2D eigenvalue weighted by molar-refractivity contribution is 0.0322. The zero-order valence-corrected chi connectivity index (χ0v) is 22.9. The maximum absolute atomic E-state index is 13.4. The van der Waals surface area contributed by atoms with Gasteiger partial charge in [0.15, 0.2) is 5.76 Å². The molecule has 1 aromatic heterocycles. The number of allylic oxidation sites excluding steroid dienone is 1. The minimum atomic E-state index is -0.913. The van der Waals surface area contributed by atoms with Crippen LogP contribution in [0.3, 0.4) is 0 Å². The Kier molecular flexibility index (Phi) is 7.77. The Hall–Kier alpha value is -4.13. The van der Waals surface area contributed by atoms with Gasteiger partial charge in [0.05, 0.1) is 42.7 Å². The predicted molar refractivity (Wildman–Crippen MR) is 150 cm³/mol. The normalized spacial score (nSPS) is 19.0. The summed E-state index contributed by atoms with van der Waals surface area (Å²) in [5.74, 6) is 1.76. The molecule has 0 bridgehead atoms. The van der Waals surface area contributed by atoms with Crippen molar-refractivity contribution in [3.8, 4) is 17.2 Å². The van der Waals surface area contributed by atoms with E-state index >= 15 is 0 Å². The van der Waals surface area contributed by atoms with Crippen molar-refractivity contribution in [3.05, 3.63) is 52.9 Å². The lowest BCUT2D eigenvalue weighted by Crippen LogP contribution is -2.47. The number of ether oxygens (including phenoxy) is 4. The SMILES string of the molecule is COc1ccc2c(c1CN1CCN(C(=O)O)CC1)OC(=Cc1n[nH]c3ccc(OCCN4CCOCC4)cc13)C2=O. The van der Waals surface area contributed by atoms with E-state index in [1.165, 1.54) is 4.90 Å². The summed E-state index contributed by atoms with van der Waals surface area (Å²) in [6, 6.07) is 9.22. The van der Waals surface area contributed by atoms with E-state index in [4.69, 9.17) is 18.9 Å². The van der Waals surface area contributed by atoms with Gasteiger partial charge in [-0.15, -0.1) is 0 Å². The average Bonchev–Trinajstić information content (AvgIpc) is 3.54. The zero-order chi connectivity index (χ0) is 28.3. The molecule has 0 saturated carbocycles. The number of H-pyrrole nitrogens is 1. The van der Waals surface area contributed by atoms with E-state index < -0.39 is 6.09 Å². The van der Waals surface area contributed by atoms with E-state index in [1.807, 2.05) is 18.2 Å². The van der Waals surface area contributed by atoms with Crippen LogP contribution < -0.4 is 14.2 Å². The summed E-state index contributed by atoms with van der Waals surface area (Å²) in [5.41, 5.74) is 2.62. The van der Waals surface area contributed by atoms with Crippen molar-refractivity contribution in [1.82, 2.24) is 24.9 Å². The van der Waals surface area contributed by atoms with Gasteiger partial charge in [-0.1, -0.05) is 0 Å². The molecule has 12 heteroatoms. The van der Waals surface area contributed by atoms with Crippen molar-refractivity contribution < 1.29 is 33.6 Å². The molecule has 0 unspecified atom stereocenters. The van der Waals surface area contributed by atoms with Gasteiger partial charge in [0.1, 0.15) is 23.9 Å². The van der Waals surface area contributed by atoms with Crippen LogP contribution in [0.25, 0.3) is 17.0 Å². The van der Waals surface area contributed by atoms with Gasteiger partial charge in [-0.3, -0.25) is 19.7 Å². The van der Waals surface area contributed by atoms with Gasteiger partial charge in [0.25, 0.3) is 0 Å². The molecule has 2 aromatic carbocycles. The Morgan fingerprint density at radius 3 is 2.66 bits per heavy atom. The van der Waals surface area contributed by atoms with Crippen molar-refractivity contribution in [3.63, 3.8) is 0 Å². The fourth-order valence-corrected chi connectivity index (χ4v) is 5.41. The minimum Gasteiger partial charge on any atom is -0.496 e. The topological polar surface area (TPSA) is 130 Å². The van der Waals surface area contributed by atoms with Crippen LogP contribution >= 0.6 is 0 Å². The van der Waals surface area contributed by atoms with Crippen LogP contribution in [-0.2, 0) is 11.3 Å². The number of Topliss-reactive ketones (excluding diaryl/α,β-unsaturated/α-hetero) is 1. The first-order valence-electron chi connectivity index (χ1n) is 13.8. The average molecular weight is 564 g/mol. The highest BCUT2D eigenvalue weighted by molar-refractivity contribution is 6.15. The molecule has 12 nitrogen and oxygen atoms in total. The monoisotopic (exact) mass is 563 g/mol. The number of amides is 1. The molecular weight excluding hydrogens is 530 g/mol. The number of ketones is 1. The number of carbonyl (C=O) groups is 2. The molecule has 0 radical (unpaired) electrons. The number of fused-ring (bicyclic) bond motifs is 2. The Bertz CT molecular complexity index is 1470. The van der Waals surface area contributed by atoms with E-state index in [9.17, 15) is 14.7 Å². The quantitative estimate of drug-likeness (QED) is 0.395. The predicted octanol–water partition coefficient (Wildman–Crippen LogP) is 2.69. The first-order chi connectivity index (χ1) is 20.0. The van der Waals surface area contributed by atoms with Crippen molar-refractivity contribution in [2.24, 2.45) is 0 Å². The highest BCUT2D eigenvalue weighted by Crippen LogP contribution is 2.41. The number of aromatic amines is 1. The van der Waals surface area contributed by atoms with Gasteiger partial charge >= 0.3 is 6.09 Å². The van der Waals surface area contributed by atoms with E-state index in [1.54, 1.807) is 25.3 Å². The highest BCUT2D eigenvalue weighted by atomic mass is 16.5. The molecule has 0 aliphatic carbocycles. The summed E-state index contributed by atoms with van der Waals surface area (Å²) >= 11 is 0. The largest absolute Gasteiger partial charge is 0.496 e. The molecule has 2 saturated heterocycles. The van der Waals surface area contributed by atoms with Crippen molar-refractivity contribution in [2.75, 3.05) is 72.7 Å². The fourth-order valence-electron chi connectivity index (χ4n) is 5.41. The molecule has 3 aliphatic heterocycles. The molecule has 3 aliphatic rings.